The molecule has 0 saturated carbocycles. The molecule has 2 aromatic rings. The van der Waals surface area contributed by atoms with Gasteiger partial charge in [-0.2, -0.15) is 0 Å². The zero-order valence-corrected chi connectivity index (χ0v) is 14.4. The Bertz CT molecular complexity index is 1040. The first-order valence-corrected chi connectivity index (χ1v) is 9.07. The first kappa shape index (κ1) is 16.6. The van der Waals surface area contributed by atoms with Crippen molar-refractivity contribution < 1.29 is 18.3 Å². The Balaban J connectivity index is 2.09. The first-order valence-electron chi connectivity index (χ1n) is 6.44. The number of thiophene rings is 1. The van der Waals surface area contributed by atoms with Crippen molar-refractivity contribution in [2.45, 2.75) is 4.90 Å². The van der Waals surface area contributed by atoms with Gasteiger partial charge in [0.25, 0.3) is 15.9 Å². The number of nitrogens with zero attached hydrogens (tertiary/aromatic N) is 1. The smallest absolute Gasteiger partial charge is 0.277 e. The van der Waals surface area contributed by atoms with E-state index in [1.54, 1.807) is 0 Å². The van der Waals surface area contributed by atoms with Crippen molar-refractivity contribution in [3.63, 3.8) is 0 Å². The molecule has 1 amide bonds. The van der Waals surface area contributed by atoms with E-state index in [9.17, 15) is 23.1 Å². The number of aromatic nitrogens is 1. The number of H-pyrrole nitrogens is 1. The van der Waals surface area contributed by atoms with Gasteiger partial charge in [-0.3, -0.25) is 13.9 Å². The SMILES string of the molecule is CN1C(C(=O)Nc2cc(=O)cc[nH]2)=C(O)c2sc(Cl)cc2S1(=O)=O. The number of nitrogens with one attached hydrogen (secondary N) is 2. The van der Waals surface area contributed by atoms with Crippen molar-refractivity contribution in [1.29, 1.82) is 0 Å². The van der Waals surface area contributed by atoms with Crippen molar-refractivity contribution in [1.82, 2.24) is 9.29 Å². The van der Waals surface area contributed by atoms with Crippen LogP contribution in [-0.2, 0) is 14.8 Å². The van der Waals surface area contributed by atoms with Gasteiger partial charge >= 0.3 is 0 Å². The molecule has 126 valence electrons. The lowest BCUT2D eigenvalue weighted by Gasteiger charge is -2.26. The molecule has 3 rings (SSSR count). The average Bonchev–Trinajstić information content (AvgIpc) is 2.89. The molecular formula is C13H10ClN3O5S2. The highest BCUT2D eigenvalue weighted by molar-refractivity contribution is 7.89. The van der Waals surface area contributed by atoms with Crippen LogP contribution in [0, 0.1) is 0 Å². The van der Waals surface area contributed by atoms with Crippen molar-refractivity contribution >= 4 is 50.4 Å². The topological polar surface area (TPSA) is 120 Å². The second-order valence-electron chi connectivity index (χ2n) is 4.81. The number of rotatable bonds is 2. The number of likely N-dealkylation sites (N-methyl/N-ethyl adjacent to an activating group) is 1. The van der Waals surface area contributed by atoms with E-state index in [0.717, 1.165) is 24.5 Å². The summed E-state index contributed by atoms with van der Waals surface area (Å²) in [7, 11) is -2.88. The van der Waals surface area contributed by atoms with Crippen LogP contribution in [0.4, 0.5) is 5.82 Å². The maximum atomic E-state index is 12.5. The Morgan fingerprint density at radius 2 is 2.12 bits per heavy atom. The molecule has 1 aliphatic heterocycles. The molecule has 0 radical (unpaired) electrons. The van der Waals surface area contributed by atoms with Gasteiger partial charge in [-0.25, -0.2) is 8.42 Å². The van der Waals surface area contributed by atoms with E-state index in [4.69, 9.17) is 11.6 Å². The molecule has 0 bridgehead atoms. The number of aliphatic hydroxyl groups excluding tert-OH is 1. The van der Waals surface area contributed by atoms with Gasteiger partial charge in [0.2, 0.25) is 0 Å². The molecule has 0 atom stereocenters. The number of fused-ring (bicyclic) bond motifs is 1. The van der Waals surface area contributed by atoms with Crippen molar-refractivity contribution in [3.8, 4) is 0 Å². The predicted octanol–water partition coefficient (Wildman–Crippen LogP) is 1.59. The van der Waals surface area contributed by atoms with E-state index >= 15 is 0 Å². The van der Waals surface area contributed by atoms with Gasteiger partial charge in [0.1, 0.15) is 10.7 Å². The average molecular weight is 388 g/mol. The monoisotopic (exact) mass is 387 g/mol. The number of carbonyl (C=O) groups excluding carboxylic acids is 1. The molecule has 0 fully saturated rings. The summed E-state index contributed by atoms with van der Waals surface area (Å²) < 4.78 is 25.8. The van der Waals surface area contributed by atoms with Crippen LogP contribution >= 0.6 is 22.9 Å². The summed E-state index contributed by atoms with van der Waals surface area (Å²) in [5.41, 5.74) is -0.815. The number of hydrogen-bond donors (Lipinski definition) is 3. The lowest BCUT2D eigenvalue weighted by Crippen LogP contribution is -2.36. The van der Waals surface area contributed by atoms with Crippen LogP contribution in [0.2, 0.25) is 4.34 Å². The third-order valence-corrected chi connectivity index (χ3v) is 6.48. The summed E-state index contributed by atoms with van der Waals surface area (Å²) in [6, 6.07) is 3.59. The van der Waals surface area contributed by atoms with Gasteiger partial charge in [-0.15, -0.1) is 11.3 Å². The second-order valence-corrected chi connectivity index (χ2v) is 8.43. The molecule has 0 saturated heterocycles. The minimum absolute atomic E-state index is 0.00944. The number of carbonyl (C=O) groups is 1. The summed E-state index contributed by atoms with van der Waals surface area (Å²) in [6.45, 7) is 0. The lowest BCUT2D eigenvalue weighted by atomic mass is 10.2. The highest BCUT2D eigenvalue weighted by atomic mass is 35.5. The van der Waals surface area contributed by atoms with Crippen LogP contribution in [0.15, 0.2) is 39.8 Å². The highest BCUT2D eigenvalue weighted by Crippen LogP contribution is 2.41. The Labute approximate surface area is 145 Å². The molecule has 11 heteroatoms. The van der Waals surface area contributed by atoms with Gasteiger partial charge in [0.15, 0.2) is 16.9 Å². The van der Waals surface area contributed by atoms with E-state index in [1.807, 2.05) is 0 Å². The molecule has 1 aliphatic rings. The van der Waals surface area contributed by atoms with E-state index in [2.05, 4.69) is 10.3 Å². The van der Waals surface area contributed by atoms with Crippen molar-refractivity contribution in [2.75, 3.05) is 12.4 Å². The van der Waals surface area contributed by atoms with E-state index in [-0.39, 0.29) is 25.4 Å². The fourth-order valence-corrected chi connectivity index (χ4v) is 5.12. The Morgan fingerprint density at radius 1 is 1.42 bits per heavy atom. The molecule has 2 aromatic heterocycles. The molecule has 0 spiro atoms. The van der Waals surface area contributed by atoms with Crippen LogP contribution in [-0.4, -0.2) is 35.8 Å². The maximum Gasteiger partial charge on any atom is 0.277 e. The molecule has 0 unspecified atom stereocenters. The number of pyridine rings is 1. The van der Waals surface area contributed by atoms with Gasteiger partial charge in [-0.1, -0.05) is 11.6 Å². The largest absolute Gasteiger partial charge is 0.504 e. The fraction of sp³-hybridized carbons (Fsp3) is 0.0769. The molecule has 3 heterocycles. The van der Waals surface area contributed by atoms with Gasteiger partial charge < -0.3 is 15.4 Å². The van der Waals surface area contributed by atoms with Gasteiger partial charge in [-0.05, 0) is 6.07 Å². The lowest BCUT2D eigenvalue weighted by molar-refractivity contribution is -0.113. The Hall–Kier alpha value is -2.30. The number of aromatic amines is 1. The number of aliphatic hydroxyl groups is 1. The molecule has 0 aliphatic carbocycles. The van der Waals surface area contributed by atoms with E-state index in [1.165, 1.54) is 18.3 Å². The third kappa shape index (κ3) is 2.58. The van der Waals surface area contributed by atoms with Crippen LogP contribution in [0.25, 0.3) is 5.76 Å². The fourth-order valence-electron chi connectivity index (χ4n) is 2.18. The standard InChI is InChI=1S/C13H10ClN3O5S2/c1-17-10(13(20)16-9-4-6(18)2-3-15-9)11(19)12-7(24(17,21)22)5-8(14)23-12/h2-5,19H,1H3,(H2,15,16,18,20). The maximum absolute atomic E-state index is 12.5. The second kappa shape index (κ2) is 5.65. The van der Waals surface area contributed by atoms with Crippen LogP contribution in [0.1, 0.15) is 4.88 Å². The molecular weight excluding hydrogens is 378 g/mol. The number of anilines is 1. The quantitative estimate of drug-likeness (QED) is 0.722. The molecule has 24 heavy (non-hydrogen) atoms. The zero-order chi connectivity index (χ0) is 17.6. The number of hydrogen-bond acceptors (Lipinski definition) is 6. The number of sulfonamides is 1. The van der Waals surface area contributed by atoms with Gasteiger partial charge in [0.05, 0.1) is 9.21 Å². The minimum atomic E-state index is -4.02. The van der Waals surface area contributed by atoms with Crippen LogP contribution in [0.3, 0.4) is 0 Å². The van der Waals surface area contributed by atoms with E-state index in [0.29, 0.717) is 4.31 Å². The summed E-state index contributed by atoms with van der Waals surface area (Å²) in [6.07, 6.45) is 1.32. The summed E-state index contributed by atoms with van der Waals surface area (Å²) in [5, 5.41) is 12.7. The number of amides is 1. The summed E-state index contributed by atoms with van der Waals surface area (Å²) >= 11 is 6.67. The molecule has 0 aromatic carbocycles. The molecule has 3 N–H and O–H groups in total. The van der Waals surface area contributed by atoms with Crippen molar-refractivity contribution in [2.24, 2.45) is 0 Å². The van der Waals surface area contributed by atoms with Crippen LogP contribution in [0.5, 0.6) is 0 Å². The van der Waals surface area contributed by atoms with E-state index < -0.39 is 27.4 Å². The highest BCUT2D eigenvalue weighted by Gasteiger charge is 2.39. The minimum Gasteiger partial charge on any atom is -0.504 e. The Morgan fingerprint density at radius 3 is 2.79 bits per heavy atom. The third-order valence-electron chi connectivity index (χ3n) is 3.30. The summed E-state index contributed by atoms with van der Waals surface area (Å²) in [5.74, 6) is -1.33. The van der Waals surface area contributed by atoms with Crippen LogP contribution < -0.4 is 10.7 Å². The van der Waals surface area contributed by atoms with Gasteiger partial charge in [0, 0.05) is 25.4 Å². The summed E-state index contributed by atoms with van der Waals surface area (Å²) in [4.78, 5) is 26.2. The first-order chi connectivity index (χ1) is 11.2. The predicted molar refractivity (Wildman–Crippen MR) is 89.5 cm³/mol. The zero-order valence-electron chi connectivity index (χ0n) is 12.0. The number of halogens is 1. The Kier molecular flexibility index (Phi) is 3.90. The van der Waals surface area contributed by atoms with Crippen molar-refractivity contribution in [3.05, 3.63) is 49.5 Å². The normalized spacial score (nSPS) is 16.0. The molecule has 8 nitrogen and oxygen atoms in total.